The van der Waals surface area contributed by atoms with E-state index in [1.165, 1.54) is 0 Å². The summed E-state index contributed by atoms with van der Waals surface area (Å²) in [5.41, 5.74) is -0.159. The number of fused-ring (bicyclic) bond motifs is 1. The number of nitrogens with one attached hydrogen (secondary N) is 1. The highest BCUT2D eigenvalue weighted by molar-refractivity contribution is 7.16. The Kier molecular flexibility index (Phi) is 5.50. The Labute approximate surface area is 129 Å². The topological polar surface area (TPSA) is 56.3 Å². The lowest BCUT2D eigenvalue weighted by Gasteiger charge is -2.22. The predicted molar refractivity (Wildman–Crippen MR) is 86.9 cm³/mol. The first-order chi connectivity index (χ1) is 10.1. The van der Waals surface area contributed by atoms with Gasteiger partial charge in [0.2, 0.25) is 0 Å². The van der Waals surface area contributed by atoms with E-state index in [0.29, 0.717) is 13.2 Å². The summed E-state index contributed by atoms with van der Waals surface area (Å²) < 4.78 is 11.1. The molecule has 116 valence electrons. The molecule has 2 heterocycles. The molecule has 0 saturated carbocycles. The van der Waals surface area contributed by atoms with Crippen molar-refractivity contribution >= 4 is 27.4 Å². The Hall–Kier alpha value is -1.24. The third-order valence-corrected chi connectivity index (χ3v) is 4.15. The van der Waals surface area contributed by atoms with Gasteiger partial charge in [-0.25, -0.2) is 9.97 Å². The first-order valence-electron chi connectivity index (χ1n) is 7.16. The molecule has 0 unspecified atom stereocenters. The molecule has 6 heteroatoms. The van der Waals surface area contributed by atoms with E-state index < -0.39 is 0 Å². The Balaban J connectivity index is 1.98. The number of hydrogen-bond donors (Lipinski definition) is 1. The Bertz CT molecular complexity index is 583. The molecule has 0 aromatic carbocycles. The summed E-state index contributed by atoms with van der Waals surface area (Å²) in [5.74, 6) is 1.61. The Morgan fingerprint density at radius 3 is 2.86 bits per heavy atom. The fourth-order valence-electron chi connectivity index (χ4n) is 1.85. The molecule has 0 aliphatic rings. The predicted octanol–water partition coefficient (Wildman–Crippen LogP) is 3.45. The van der Waals surface area contributed by atoms with Gasteiger partial charge in [-0.1, -0.05) is 0 Å². The van der Waals surface area contributed by atoms with Gasteiger partial charge in [0.1, 0.15) is 17.3 Å². The number of thiophene rings is 1. The smallest absolute Gasteiger partial charge is 0.158 e. The van der Waals surface area contributed by atoms with E-state index in [1.807, 2.05) is 25.3 Å². The van der Waals surface area contributed by atoms with Crippen LogP contribution >= 0.6 is 11.3 Å². The van der Waals surface area contributed by atoms with Gasteiger partial charge >= 0.3 is 0 Å². The first-order valence-corrected chi connectivity index (χ1v) is 8.04. The van der Waals surface area contributed by atoms with Gasteiger partial charge < -0.3 is 14.8 Å². The van der Waals surface area contributed by atoms with Crippen molar-refractivity contribution in [3.8, 4) is 0 Å². The molecule has 21 heavy (non-hydrogen) atoms. The molecule has 2 aromatic rings. The van der Waals surface area contributed by atoms with Crippen molar-refractivity contribution in [3.05, 3.63) is 17.3 Å². The van der Waals surface area contributed by atoms with E-state index in [4.69, 9.17) is 9.47 Å². The van der Waals surface area contributed by atoms with Crippen LogP contribution in [0.25, 0.3) is 10.2 Å². The maximum Gasteiger partial charge on any atom is 0.158 e. The van der Waals surface area contributed by atoms with Crippen LogP contribution < -0.4 is 5.32 Å². The van der Waals surface area contributed by atoms with Crippen molar-refractivity contribution in [2.75, 3.05) is 25.6 Å². The Morgan fingerprint density at radius 1 is 1.33 bits per heavy atom. The van der Waals surface area contributed by atoms with Gasteiger partial charge in [-0.15, -0.1) is 11.3 Å². The number of aromatic nitrogens is 2. The van der Waals surface area contributed by atoms with Gasteiger partial charge in [0.25, 0.3) is 0 Å². The fourth-order valence-corrected chi connectivity index (χ4v) is 2.63. The largest absolute Gasteiger partial charge is 0.379 e. The van der Waals surface area contributed by atoms with Crippen molar-refractivity contribution in [1.82, 2.24) is 9.97 Å². The van der Waals surface area contributed by atoms with Crippen LogP contribution in [0, 0.1) is 0 Å². The minimum absolute atomic E-state index is 0.159. The standard InChI is InChI=1S/C15H23N3O2S/c1-5-16-13-11-6-9-21-14(11)18-12(17-13)10-20-8-7-15(2,3)19-4/h6,9H,5,7-8,10H2,1-4H3,(H,16,17,18). The maximum atomic E-state index is 5.69. The van der Waals surface area contributed by atoms with Gasteiger partial charge in [-0.05, 0) is 38.6 Å². The van der Waals surface area contributed by atoms with Crippen molar-refractivity contribution in [2.45, 2.75) is 39.4 Å². The number of methoxy groups -OCH3 is 1. The molecule has 0 aliphatic carbocycles. The molecule has 1 N–H and O–H groups in total. The summed E-state index contributed by atoms with van der Waals surface area (Å²) in [4.78, 5) is 10.1. The van der Waals surface area contributed by atoms with Crippen LogP contribution in [0.2, 0.25) is 0 Å². The Morgan fingerprint density at radius 2 is 2.14 bits per heavy atom. The molecule has 2 rings (SSSR count). The van der Waals surface area contributed by atoms with Gasteiger partial charge in [0.15, 0.2) is 5.82 Å². The summed E-state index contributed by atoms with van der Waals surface area (Å²) in [6.07, 6.45) is 0.838. The zero-order chi connectivity index (χ0) is 15.3. The van der Waals surface area contributed by atoms with Crippen LogP contribution in [-0.2, 0) is 16.1 Å². The second kappa shape index (κ2) is 7.15. The molecule has 5 nitrogen and oxygen atoms in total. The number of rotatable bonds is 8. The summed E-state index contributed by atoms with van der Waals surface area (Å²) in [6, 6.07) is 2.05. The zero-order valence-electron chi connectivity index (χ0n) is 13.1. The van der Waals surface area contributed by atoms with Gasteiger partial charge in [0, 0.05) is 20.3 Å². The number of ether oxygens (including phenoxy) is 2. The average Bonchev–Trinajstić information content (AvgIpc) is 2.92. The second-order valence-corrected chi connectivity index (χ2v) is 6.32. The highest BCUT2D eigenvalue weighted by Crippen LogP contribution is 2.25. The monoisotopic (exact) mass is 309 g/mol. The minimum atomic E-state index is -0.159. The zero-order valence-corrected chi connectivity index (χ0v) is 13.9. The van der Waals surface area contributed by atoms with Gasteiger partial charge in [-0.2, -0.15) is 0 Å². The lowest BCUT2D eigenvalue weighted by atomic mass is 10.1. The lowest BCUT2D eigenvalue weighted by molar-refractivity contribution is -0.0131. The highest BCUT2D eigenvalue weighted by atomic mass is 32.1. The average molecular weight is 309 g/mol. The number of nitrogens with zero attached hydrogens (tertiary/aromatic N) is 2. The van der Waals surface area contributed by atoms with Crippen LogP contribution in [0.5, 0.6) is 0 Å². The number of hydrogen-bond acceptors (Lipinski definition) is 6. The quantitative estimate of drug-likeness (QED) is 0.757. The molecular formula is C15H23N3O2S. The van der Waals surface area contributed by atoms with Crippen molar-refractivity contribution in [2.24, 2.45) is 0 Å². The van der Waals surface area contributed by atoms with E-state index in [2.05, 4.69) is 22.2 Å². The maximum absolute atomic E-state index is 5.69. The highest BCUT2D eigenvalue weighted by Gasteiger charge is 2.16. The van der Waals surface area contributed by atoms with E-state index >= 15 is 0 Å². The molecule has 0 bridgehead atoms. The van der Waals surface area contributed by atoms with E-state index in [9.17, 15) is 0 Å². The third kappa shape index (κ3) is 4.36. The SMILES string of the molecule is CCNc1nc(COCCC(C)(C)OC)nc2sccc12. The summed E-state index contributed by atoms with van der Waals surface area (Å²) >= 11 is 1.62. The van der Waals surface area contributed by atoms with E-state index in [0.717, 1.165) is 34.8 Å². The van der Waals surface area contributed by atoms with Crippen LogP contribution in [0.4, 0.5) is 5.82 Å². The first kappa shape index (κ1) is 16.1. The van der Waals surface area contributed by atoms with Crippen molar-refractivity contribution < 1.29 is 9.47 Å². The molecule has 0 spiro atoms. The van der Waals surface area contributed by atoms with Crippen molar-refractivity contribution in [1.29, 1.82) is 0 Å². The molecule has 2 aromatic heterocycles. The molecule has 0 atom stereocenters. The van der Waals surface area contributed by atoms with Crippen molar-refractivity contribution in [3.63, 3.8) is 0 Å². The van der Waals surface area contributed by atoms with Crippen LogP contribution in [0.3, 0.4) is 0 Å². The normalized spacial score (nSPS) is 12.0. The summed E-state index contributed by atoms with van der Waals surface area (Å²) in [6.45, 7) is 8.05. The number of anilines is 1. The third-order valence-electron chi connectivity index (χ3n) is 3.35. The fraction of sp³-hybridized carbons (Fsp3) is 0.600. The molecule has 0 aliphatic heterocycles. The summed E-state index contributed by atoms with van der Waals surface area (Å²) in [5, 5.41) is 6.39. The summed E-state index contributed by atoms with van der Waals surface area (Å²) in [7, 11) is 1.72. The van der Waals surface area contributed by atoms with Crippen LogP contribution in [0.15, 0.2) is 11.4 Å². The van der Waals surface area contributed by atoms with E-state index in [1.54, 1.807) is 18.4 Å². The molecule has 0 fully saturated rings. The van der Waals surface area contributed by atoms with Crippen LogP contribution in [-0.4, -0.2) is 35.8 Å². The second-order valence-electron chi connectivity index (χ2n) is 5.42. The molecule has 0 saturated heterocycles. The molecular weight excluding hydrogens is 286 g/mol. The molecule has 0 radical (unpaired) electrons. The van der Waals surface area contributed by atoms with Gasteiger partial charge in [0.05, 0.1) is 11.0 Å². The van der Waals surface area contributed by atoms with Crippen LogP contribution in [0.1, 0.15) is 33.0 Å². The molecule has 0 amide bonds. The minimum Gasteiger partial charge on any atom is -0.379 e. The lowest BCUT2D eigenvalue weighted by Crippen LogP contribution is -2.24. The van der Waals surface area contributed by atoms with E-state index in [-0.39, 0.29) is 5.60 Å². The van der Waals surface area contributed by atoms with Gasteiger partial charge in [-0.3, -0.25) is 0 Å².